The van der Waals surface area contributed by atoms with Gasteiger partial charge in [0.15, 0.2) is 17.6 Å². The standard InChI is InChI=1S/C29H32N2O7/c1-36-17-6-8-21(37-2)19(12-17)30-27(34)18-13-29(35)22-11-16-5-7-20(32)25-23(16)28(29,26(38-25)24(18)33)9-10-31(22)14-15-3-4-15/h5-8,12,15,22,26,32-33,35H,3-4,9-11,13-14H2,1-2H3,(H,30,34)/t22-,26+,28+,29-/m1/s1. The number of benzene rings is 2. The maximum Gasteiger partial charge on any atom is 0.255 e. The smallest absolute Gasteiger partial charge is 0.255 e. The topological polar surface area (TPSA) is 121 Å². The van der Waals surface area contributed by atoms with Gasteiger partial charge in [-0.15, -0.1) is 0 Å². The molecule has 9 heteroatoms. The van der Waals surface area contributed by atoms with Gasteiger partial charge in [-0.3, -0.25) is 9.69 Å². The van der Waals surface area contributed by atoms with E-state index in [0.717, 1.165) is 24.2 Å². The molecule has 0 radical (unpaired) electrons. The molecular formula is C29H32N2O7. The number of carbonyl (C=O) groups is 1. The lowest BCUT2D eigenvalue weighted by atomic mass is 9.49. The Bertz CT molecular complexity index is 1390. The number of aliphatic hydroxyl groups is 2. The molecule has 2 aromatic carbocycles. The summed E-state index contributed by atoms with van der Waals surface area (Å²) in [6.45, 7) is 1.67. The summed E-state index contributed by atoms with van der Waals surface area (Å²) in [6.07, 6.45) is 2.54. The van der Waals surface area contributed by atoms with Gasteiger partial charge in [0.05, 0.1) is 36.5 Å². The van der Waals surface area contributed by atoms with E-state index in [1.807, 2.05) is 6.07 Å². The molecule has 1 saturated heterocycles. The minimum Gasteiger partial charge on any atom is -0.508 e. The van der Waals surface area contributed by atoms with Crippen LogP contribution < -0.4 is 19.5 Å². The van der Waals surface area contributed by atoms with E-state index in [-0.39, 0.29) is 29.5 Å². The number of phenolic OH excluding ortho intramolecular Hbond substituents is 1. The van der Waals surface area contributed by atoms with Crippen molar-refractivity contribution in [2.45, 2.75) is 55.3 Å². The molecule has 2 aromatic rings. The number of aliphatic hydroxyl groups excluding tert-OH is 1. The lowest BCUT2D eigenvalue weighted by molar-refractivity contribution is -0.172. The van der Waals surface area contributed by atoms with Crippen molar-refractivity contribution in [1.29, 1.82) is 0 Å². The molecule has 0 aromatic heterocycles. The van der Waals surface area contributed by atoms with Crippen LogP contribution in [0.1, 0.15) is 36.8 Å². The fraction of sp³-hybridized carbons (Fsp3) is 0.483. The number of methoxy groups -OCH3 is 2. The highest BCUT2D eigenvalue weighted by Crippen LogP contribution is 2.66. The number of nitrogens with zero attached hydrogens (tertiary/aromatic N) is 1. The summed E-state index contributed by atoms with van der Waals surface area (Å²) in [5.41, 5.74) is -0.0361. The zero-order valence-corrected chi connectivity index (χ0v) is 21.5. The van der Waals surface area contributed by atoms with Crippen LogP contribution in [0.25, 0.3) is 0 Å². The molecule has 1 amide bonds. The first kappa shape index (κ1) is 23.7. The van der Waals surface area contributed by atoms with Crippen LogP contribution >= 0.6 is 0 Å². The molecule has 1 saturated carbocycles. The highest BCUT2D eigenvalue weighted by molar-refractivity contribution is 6.05. The number of likely N-dealkylation sites (tertiary alicyclic amines) is 1. The quantitative estimate of drug-likeness (QED) is 0.459. The Balaban J connectivity index is 1.34. The Morgan fingerprint density at radius 1 is 1.18 bits per heavy atom. The highest BCUT2D eigenvalue weighted by Gasteiger charge is 2.73. The van der Waals surface area contributed by atoms with Gasteiger partial charge in [-0.05, 0) is 61.9 Å². The predicted octanol–water partition coefficient (Wildman–Crippen LogP) is 3.03. The number of piperidine rings is 1. The van der Waals surface area contributed by atoms with Crippen LogP contribution in [0.2, 0.25) is 0 Å². The molecule has 0 unspecified atom stereocenters. The largest absolute Gasteiger partial charge is 0.508 e. The fourth-order valence-electron chi connectivity index (χ4n) is 7.48. The van der Waals surface area contributed by atoms with Crippen LogP contribution in [0.5, 0.6) is 23.0 Å². The van der Waals surface area contributed by atoms with Crippen molar-refractivity contribution < 1.29 is 34.3 Å². The van der Waals surface area contributed by atoms with E-state index < -0.39 is 23.0 Å². The number of phenols is 1. The molecule has 2 fully saturated rings. The van der Waals surface area contributed by atoms with Gasteiger partial charge in [0.25, 0.3) is 5.91 Å². The molecule has 2 heterocycles. The molecule has 2 bridgehead atoms. The monoisotopic (exact) mass is 520 g/mol. The van der Waals surface area contributed by atoms with Gasteiger partial charge in [0.2, 0.25) is 0 Å². The van der Waals surface area contributed by atoms with Gasteiger partial charge < -0.3 is 34.8 Å². The molecule has 9 nitrogen and oxygen atoms in total. The first-order chi connectivity index (χ1) is 18.3. The number of aromatic hydroxyl groups is 1. The lowest BCUT2D eigenvalue weighted by Crippen LogP contribution is -2.75. The first-order valence-corrected chi connectivity index (χ1v) is 13.2. The summed E-state index contributed by atoms with van der Waals surface area (Å²) in [5.74, 6) is 1.16. The van der Waals surface area contributed by atoms with E-state index in [1.54, 1.807) is 24.3 Å². The molecule has 3 aliphatic carbocycles. The Labute approximate surface area is 220 Å². The lowest BCUT2D eigenvalue weighted by Gasteiger charge is -2.62. The molecule has 1 spiro atoms. The van der Waals surface area contributed by atoms with E-state index in [4.69, 9.17) is 14.2 Å². The number of rotatable bonds is 6. The third kappa shape index (κ3) is 3.03. The molecule has 38 heavy (non-hydrogen) atoms. The third-order valence-electron chi connectivity index (χ3n) is 9.45. The predicted molar refractivity (Wildman–Crippen MR) is 138 cm³/mol. The minimum atomic E-state index is -1.37. The number of hydrogen-bond donors (Lipinski definition) is 4. The van der Waals surface area contributed by atoms with Gasteiger partial charge in [-0.25, -0.2) is 0 Å². The van der Waals surface area contributed by atoms with Gasteiger partial charge in [0, 0.05) is 30.6 Å². The van der Waals surface area contributed by atoms with Crippen molar-refractivity contribution in [3.63, 3.8) is 0 Å². The van der Waals surface area contributed by atoms with Gasteiger partial charge in [-0.2, -0.15) is 0 Å². The second-order valence-corrected chi connectivity index (χ2v) is 11.3. The molecule has 7 rings (SSSR count). The van der Waals surface area contributed by atoms with Gasteiger partial charge in [0.1, 0.15) is 17.3 Å². The normalized spacial score (nSPS) is 30.9. The van der Waals surface area contributed by atoms with Gasteiger partial charge >= 0.3 is 0 Å². The molecular weight excluding hydrogens is 488 g/mol. The molecule has 200 valence electrons. The summed E-state index contributed by atoms with van der Waals surface area (Å²) < 4.78 is 17.0. The number of ether oxygens (including phenoxy) is 3. The van der Waals surface area contributed by atoms with Crippen molar-refractivity contribution in [1.82, 2.24) is 4.90 Å². The zero-order chi connectivity index (χ0) is 26.4. The Morgan fingerprint density at radius 3 is 2.74 bits per heavy atom. The van der Waals surface area contributed by atoms with Crippen molar-refractivity contribution >= 4 is 11.6 Å². The summed E-state index contributed by atoms with van der Waals surface area (Å²) in [5, 5.41) is 37.9. The van der Waals surface area contributed by atoms with Crippen LogP contribution in [0.4, 0.5) is 5.69 Å². The summed E-state index contributed by atoms with van der Waals surface area (Å²) in [6, 6.07) is 8.35. The summed E-state index contributed by atoms with van der Waals surface area (Å²) in [4.78, 5) is 16.1. The maximum absolute atomic E-state index is 13.7. The summed E-state index contributed by atoms with van der Waals surface area (Å²) in [7, 11) is 3.04. The number of anilines is 1. The van der Waals surface area contributed by atoms with E-state index in [9.17, 15) is 20.1 Å². The van der Waals surface area contributed by atoms with Crippen LogP contribution in [0, 0.1) is 5.92 Å². The molecule has 4 atom stereocenters. The van der Waals surface area contributed by atoms with Crippen molar-refractivity contribution in [3.05, 3.63) is 52.8 Å². The molecule has 5 aliphatic rings. The zero-order valence-electron chi connectivity index (χ0n) is 21.5. The SMILES string of the molecule is COc1ccc(OC)c(NC(=O)C2=C(O)[C@@H]3Oc4c(O)ccc5c4[C@@]34CCN(CC3CC3)[C@H](C5)[C@]4(O)C2)c1. The third-order valence-corrected chi connectivity index (χ3v) is 9.45. The fourth-order valence-corrected chi connectivity index (χ4v) is 7.48. The number of amides is 1. The van der Waals surface area contributed by atoms with Crippen LogP contribution in [0.3, 0.4) is 0 Å². The highest BCUT2D eigenvalue weighted by atomic mass is 16.5. The molecule has 4 N–H and O–H groups in total. The number of nitrogens with one attached hydrogen (secondary N) is 1. The maximum atomic E-state index is 13.7. The average Bonchev–Trinajstić information content (AvgIpc) is 3.65. The van der Waals surface area contributed by atoms with E-state index in [2.05, 4.69) is 10.2 Å². The number of hydrogen-bond acceptors (Lipinski definition) is 8. The van der Waals surface area contributed by atoms with Gasteiger partial charge in [-0.1, -0.05) is 6.07 Å². The van der Waals surface area contributed by atoms with E-state index >= 15 is 0 Å². The van der Waals surface area contributed by atoms with Crippen molar-refractivity contribution in [2.24, 2.45) is 5.92 Å². The van der Waals surface area contributed by atoms with Crippen LogP contribution in [-0.4, -0.2) is 71.2 Å². The average molecular weight is 521 g/mol. The minimum absolute atomic E-state index is 0.0198. The van der Waals surface area contributed by atoms with E-state index in [1.165, 1.54) is 27.1 Å². The van der Waals surface area contributed by atoms with Crippen LogP contribution in [0.15, 0.2) is 41.7 Å². The Morgan fingerprint density at radius 2 is 2.00 bits per heavy atom. The molecule has 2 aliphatic heterocycles. The van der Waals surface area contributed by atoms with Crippen LogP contribution in [-0.2, 0) is 16.6 Å². The van der Waals surface area contributed by atoms with E-state index in [0.29, 0.717) is 41.7 Å². The first-order valence-electron chi connectivity index (χ1n) is 13.2. The Kier molecular flexibility index (Phi) is 5.01. The summed E-state index contributed by atoms with van der Waals surface area (Å²) >= 11 is 0. The number of carbonyl (C=O) groups excluding carboxylic acids is 1. The Hall–Kier alpha value is -3.43. The van der Waals surface area contributed by atoms with Crippen molar-refractivity contribution in [2.75, 3.05) is 32.6 Å². The second-order valence-electron chi connectivity index (χ2n) is 11.3. The second kappa shape index (κ2) is 8.04. The van der Waals surface area contributed by atoms with Crippen molar-refractivity contribution in [3.8, 4) is 23.0 Å².